The lowest BCUT2D eigenvalue weighted by atomic mass is 9.85. The molecule has 0 bridgehead atoms. The molecular weight excluding hydrogens is 352 g/mol. The van der Waals surface area contributed by atoms with Crippen LogP contribution in [-0.2, 0) is 9.53 Å². The van der Waals surface area contributed by atoms with Crippen molar-refractivity contribution in [3.05, 3.63) is 42.5 Å². The third kappa shape index (κ3) is 6.66. The molecule has 0 radical (unpaired) electrons. The van der Waals surface area contributed by atoms with Crippen LogP contribution in [0.1, 0.15) is 57.8 Å². The van der Waals surface area contributed by atoms with Crippen molar-refractivity contribution in [1.29, 1.82) is 0 Å². The van der Waals surface area contributed by atoms with Gasteiger partial charge in [0.15, 0.2) is 0 Å². The van der Waals surface area contributed by atoms with Gasteiger partial charge in [0.1, 0.15) is 5.75 Å². The monoisotopic (exact) mass is 386 g/mol. The normalized spacial score (nSPS) is 27.9. The van der Waals surface area contributed by atoms with E-state index in [1.165, 1.54) is 25.7 Å². The first-order valence-electron chi connectivity index (χ1n) is 10.9. The van der Waals surface area contributed by atoms with Gasteiger partial charge in [0.05, 0.1) is 12.7 Å². The van der Waals surface area contributed by atoms with Gasteiger partial charge in [-0.15, -0.1) is 0 Å². The van der Waals surface area contributed by atoms with E-state index in [1.54, 1.807) is 0 Å². The molecule has 3 rings (SSSR count). The first-order chi connectivity index (χ1) is 13.7. The average molecular weight is 387 g/mol. The number of hydrogen-bond acceptors (Lipinski definition) is 3. The van der Waals surface area contributed by atoms with Gasteiger partial charge in [-0.3, -0.25) is 4.79 Å². The highest BCUT2D eigenvalue weighted by molar-refractivity contribution is 5.66. The van der Waals surface area contributed by atoms with Crippen molar-refractivity contribution in [1.82, 2.24) is 0 Å². The van der Waals surface area contributed by atoms with Crippen molar-refractivity contribution in [3.8, 4) is 5.75 Å². The van der Waals surface area contributed by atoms with Crippen molar-refractivity contribution >= 4 is 5.97 Å². The Hall–Kier alpha value is -1.81. The number of fused-ring (bicyclic) bond motifs is 1. The van der Waals surface area contributed by atoms with Gasteiger partial charge in [-0.25, -0.2) is 0 Å². The Morgan fingerprint density at radius 2 is 2.04 bits per heavy atom. The van der Waals surface area contributed by atoms with E-state index in [1.807, 2.05) is 30.3 Å². The fraction of sp³-hybridized carbons (Fsp3) is 0.625. The predicted octanol–water partition coefficient (Wildman–Crippen LogP) is 5.48. The van der Waals surface area contributed by atoms with Gasteiger partial charge in [-0.1, -0.05) is 36.8 Å². The van der Waals surface area contributed by atoms with Crippen LogP contribution >= 0.6 is 0 Å². The SMILES string of the molecule is O=C(O)CCC[C@H]1CCC[C@H]2[C@H](CC[C@@H]2/C=C/CCOc2ccccc2)OC1. The lowest BCUT2D eigenvalue weighted by Crippen LogP contribution is -2.27. The van der Waals surface area contributed by atoms with Crippen LogP contribution in [0, 0.1) is 17.8 Å². The molecule has 0 spiro atoms. The van der Waals surface area contributed by atoms with Crippen molar-refractivity contribution in [2.75, 3.05) is 13.2 Å². The summed E-state index contributed by atoms with van der Waals surface area (Å²) in [5, 5.41) is 8.81. The average Bonchev–Trinajstić information content (AvgIpc) is 3.05. The summed E-state index contributed by atoms with van der Waals surface area (Å²) in [6.45, 7) is 1.53. The van der Waals surface area contributed by atoms with Crippen LogP contribution in [0.15, 0.2) is 42.5 Å². The van der Waals surface area contributed by atoms with E-state index in [4.69, 9.17) is 14.6 Å². The topological polar surface area (TPSA) is 55.8 Å². The Bertz CT molecular complexity index is 612. The molecular formula is C24H34O4. The van der Waals surface area contributed by atoms with Gasteiger partial charge in [0, 0.05) is 13.0 Å². The summed E-state index contributed by atoms with van der Waals surface area (Å²) in [5.74, 6) is 2.05. The second kappa shape index (κ2) is 11.3. The zero-order valence-corrected chi connectivity index (χ0v) is 16.8. The summed E-state index contributed by atoms with van der Waals surface area (Å²) in [6.07, 6.45) is 14.1. The van der Waals surface area contributed by atoms with Crippen molar-refractivity contribution < 1.29 is 19.4 Å². The number of aliphatic carboxylic acids is 1. The molecule has 1 aromatic carbocycles. The Labute approximate surface area is 168 Å². The lowest BCUT2D eigenvalue weighted by Gasteiger charge is -2.29. The maximum absolute atomic E-state index is 10.7. The number of carboxylic acids is 1. The largest absolute Gasteiger partial charge is 0.493 e. The van der Waals surface area contributed by atoms with Gasteiger partial charge in [-0.2, -0.15) is 0 Å². The van der Waals surface area contributed by atoms with Gasteiger partial charge in [0.2, 0.25) is 0 Å². The minimum absolute atomic E-state index is 0.281. The molecule has 2 aliphatic rings. The third-order valence-corrected chi connectivity index (χ3v) is 6.19. The lowest BCUT2D eigenvalue weighted by molar-refractivity contribution is -0.137. The molecule has 2 fully saturated rings. The summed E-state index contributed by atoms with van der Waals surface area (Å²) in [7, 11) is 0. The van der Waals surface area contributed by atoms with Crippen LogP contribution in [0.3, 0.4) is 0 Å². The standard InChI is InChI=1S/C24H34O4/c25-24(26)14-7-9-19-8-6-13-22-20(15-16-23(22)28-18-19)10-4-5-17-27-21-11-2-1-3-12-21/h1-4,10-12,19-20,22-23H,5-9,13-18H2,(H,25,26)/b10-4+/t19-,20+,22-,23+/m1/s1. The van der Waals surface area contributed by atoms with E-state index in [0.717, 1.165) is 44.6 Å². The molecule has 4 atom stereocenters. The maximum Gasteiger partial charge on any atom is 0.303 e. The Balaban J connectivity index is 1.38. The highest BCUT2D eigenvalue weighted by Crippen LogP contribution is 2.40. The molecule has 154 valence electrons. The summed E-state index contributed by atoms with van der Waals surface area (Å²) in [5.41, 5.74) is 0. The second-order valence-corrected chi connectivity index (χ2v) is 8.24. The highest BCUT2D eigenvalue weighted by Gasteiger charge is 2.36. The smallest absolute Gasteiger partial charge is 0.303 e. The molecule has 0 aromatic heterocycles. The zero-order valence-electron chi connectivity index (χ0n) is 16.8. The number of hydrogen-bond donors (Lipinski definition) is 1. The van der Waals surface area contributed by atoms with E-state index < -0.39 is 5.97 Å². The van der Waals surface area contributed by atoms with Gasteiger partial charge >= 0.3 is 5.97 Å². The number of carbonyl (C=O) groups is 1. The molecule has 0 unspecified atom stereocenters. The van der Waals surface area contributed by atoms with Gasteiger partial charge in [0.25, 0.3) is 0 Å². The summed E-state index contributed by atoms with van der Waals surface area (Å²) >= 11 is 0. The molecule has 1 heterocycles. The minimum atomic E-state index is -0.689. The molecule has 0 amide bonds. The molecule has 1 aromatic rings. The number of rotatable bonds is 9. The number of carboxylic acid groups (broad SMARTS) is 1. The van der Waals surface area contributed by atoms with Crippen molar-refractivity contribution in [2.24, 2.45) is 17.8 Å². The van der Waals surface area contributed by atoms with E-state index >= 15 is 0 Å². The van der Waals surface area contributed by atoms with Gasteiger partial charge in [-0.05, 0) is 74.8 Å². The highest BCUT2D eigenvalue weighted by atomic mass is 16.5. The van der Waals surface area contributed by atoms with E-state index in [2.05, 4.69) is 12.2 Å². The molecule has 1 saturated carbocycles. The first kappa shape index (κ1) is 20.9. The Morgan fingerprint density at radius 1 is 1.18 bits per heavy atom. The molecule has 28 heavy (non-hydrogen) atoms. The number of ether oxygens (including phenoxy) is 2. The van der Waals surface area contributed by atoms with Crippen LogP contribution in [0.25, 0.3) is 0 Å². The van der Waals surface area contributed by atoms with E-state index in [0.29, 0.717) is 23.9 Å². The minimum Gasteiger partial charge on any atom is -0.493 e. The van der Waals surface area contributed by atoms with E-state index in [-0.39, 0.29) is 6.42 Å². The first-order valence-corrected chi connectivity index (χ1v) is 10.9. The second-order valence-electron chi connectivity index (χ2n) is 8.24. The van der Waals surface area contributed by atoms with Crippen molar-refractivity contribution in [3.63, 3.8) is 0 Å². The van der Waals surface area contributed by atoms with Crippen LogP contribution in [-0.4, -0.2) is 30.4 Å². The number of para-hydroxylation sites is 1. The Kier molecular flexibility index (Phi) is 8.41. The fourth-order valence-corrected chi connectivity index (χ4v) is 4.69. The molecule has 1 aliphatic carbocycles. The van der Waals surface area contributed by atoms with Crippen LogP contribution in [0.5, 0.6) is 5.75 Å². The zero-order chi connectivity index (χ0) is 19.6. The molecule has 4 heteroatoms. The van der Waals surface area contributed by atoms with Crippen molar-refractivity contribution in [2.45, 2.75) is 63.9 Å². The number of benzene rings is 1. The van der Waals surface area contributed by atoms with E-state index in [9.17, 15) is 4.79 Å². The molecule has 4 nitrogen and oxygen atoms in total. The fourth-order valence-electron chi connectivity index (χ4n) is 4.69. The molecule has 1 saturated heterocycles. The van der Waals surface area contributed by atoms with Gasteiger partial charge < -0.3 is 14.6 Å². The quantitative estimate of drug-likeness (QED) is 0.451. The van der Waals surface area contributed by atoms with Crippen LogP contribution in [0.2, 0.25) is 0 Å². The third-order valence-electron chi connectivity index (χ3n) is 6.19. The maximum atomic E-state index is 10.7. The molecule has 1 N–H and O–H groups in total. The summed E-state index contributed by atoms with van der Waals surface area (Å²) in [4.78, 5) is 10.7. The summed E-state index contributed by atoms with van der Waals surface area (Å²) in [6, 6.07) is 9.97. The van der Waals surface area contributed by atoms with Crippen LogP contribution < -0.4 is 4.74 Å². The summed E-state index contributed by atoms with van der Waals surface area (Å²) < 4.78 is 12.0. The Morgan fingerprint density at radius 3 is 2.86 bits per heavy atom. The predicted molar refractivity (Wildman–Crippen MR) is 110 cm³/mol. The van der Waals surface area contributed by atoms with Crippen LogP contribution in [0.4, 0.5) is 0 Å². The number of allylic oxidation sites excluding steroid dienone is 1. The molecule has 1 aliphatic heterocycles.